The fourth-order valence-corrected chi connectivity index (χ4v) is 2.96. The second-order valence-electron chi connectivity index (χ2n) is 5.72. The number of amides is 2. The predicted molar refractivity (Wildman–Crippen MR) is 83.8 cm³/mol. The van der Waals surface area contributed by atoms with E-state index in [1.807, 2.05) is 4.90 Å². The number of hydrogen-bond donors (Lipinski definition) is 2. The lowest BCUT2D eigenvalue weighted by atomic mass is 10.0. The quantitative estimate of drug-likeness (QED) is 0.855. The van der Waals surface area contributed by atoms with Crippen LogP contribution in [0, 0.1) is 0 Å². The van der Waals surface area contributed by atoms with Crippen molar-refractivity contribution in [3.8, 4) is 5.88 Å². The largest absolute Gasteiger partial charge is 0.473 e. The Labute approximate surface area is 139 Å². The van der Waals surface area contributed by atoms with Crippen LogP contribution >= 0.6 is 11.6 Å². The van der Waals surface area contributed by atoms with Crippen molar-refractivity contribution in [2.45, 2.75) is 37.8 Å². The van der Waals surface area contributed by atoms with E-state index in [0.717, 1.165) is 12.8 Å². The highest BCUT2D eigenvalue weighted by Crippen LogP contribution is 2.24. The summed E-state index contributed by atoms with van der Waals surface area (Å²) in [7, 11) is 0. The van der Waals surface area contributed by atoms with Crippen molar-refractivity contribution in [2.24, 2.45) is 0 Å². The van der Waals surface area contributed by atoms with Gasteiger partial charge in [-0.3, -0.25) is 15.0 Å². The molecule has 8 heteroatoms. The van der Waals surface area contributed by atoms with E-state index < -0.39 is 0 Å². The number of aromatic nitrogens is 1. The number of likely N-dealkylation sites (tertiary alicyclic amines) is 1. The zero-order valence-electron chi connectivity index (χ0n) is 12.6. The lowest BCUT2D eigenvalue weighted by molar-refractivity contribution is -0.138. The van der Waals surface area contributed by atoms with Gasteiger partial charge in [0.25, 0.3) is 0 Å². The SMILES string of the molecule is O=C1CCC(C(=O)N2CCC(Oc3ncccc3Cl)CC2)NN1. The number of hydrogen-bond acceptors (Lipinski definition) is 5. The molecule has 2 saturated heterocycles. The van der Waals surface area contributed by atoms with E-state index in [0.29, 0.717) is 36.8 Å². The molecule has 1 aromatic heterocycles. The molecule has 0 saturated carbocycles. The van der Waals surface area contributed by atoms with Gasteiger partial charge in [0.2, 0.25) is 17.7 Å². The molecule has 3 heterocycles. The summed E-state index contributed by atoms with van der Waals surface area (Å²) >= 11 is 6.04. The van der Waals surface area contributed by atoms with Gasteiger partial charge in [0, 0.05) is 38.5 Å². The number of ether oxygens (including phenoxy) is 1. The first-order valence-corrected chi connectivity index (χ1v) is 8.11. The number of nitrogens with one attached hydrogen (secondary N) is 2. The summed E-state index contributed by atoms with van der Waals surface area (Å²) < 4.78 is 5.82. The lowest BCUT2D eigenvalue weighted by Gasteiger charge is -2.35. The van der Waals surface area contributed by atoms with E-state index >= 15 is 0 Å². The molecule has 1 atom stereocenters. The average Bonchev–Trinajstić information content (AvgIpc) is 2.58. The van der Waals surface area contributed by atoms with Crippen molar-refractivity contribution in [1.82, 2.24) is 20.7 Å². The Hall–Kier alpha value is -1.86. The molecule has 0 radical (unpaired) electrons. The number of nitrogens with zero attached hydrogens (tertiary/aromatic N) is 2. The molecule has 2 fully saturated rings. The van der Waals surface area contributed by atoms with E-state index in [-0.39, 0.29) is 24.0 Å². The maximum Gasteiger partial charge on any atom is 0.241 e. The fraction of sp³-hybridized carbons (Fsp3) is 0.533. The summed E-state index contributed by atoms with van der Waals surface area (Å²) in [6, 6.07) is 3.16. The summed E-state index contributed by atoms with van der Waals surface area (Å²) in [4.78, 5) is 29.5. The van der Waals surface area contributed by atoms with Gasteiger partial charge in [-0.1, -0.05) is 11.6 Å². The molecule has 2 aliphatic rings. The predicted octanol–water partition coefficient (Wildman–Crippen LogP) is 0.888. The minimum absolute atomic E-state index is 0.00506. The molecule has 3 rings (SSSR count). The smallest absolute Gasteiger partial charge is 0.241 e. The number of pyridine rings is 1. The van der Waals surface area contributed by atoms with Crippen LogP contribution in [0.25, 0.3) is 0 Å². The average molecular weight is 339 g/mol. The highest BCUT2D eigenvalue weighted by Gasteiger charge is 2.31. The highest BCUT2D eigenvalue weighted by molar-refractivity contribution is 6.31. The van der Waals surface area contributed by atoms with Crippen molar-refractivity contribution < 1.29 is 14.3 Å². The topological polar surface area (TPSA) is 83.6 Å². The van der Waals surface area contributed by atoms with Gasteiger partial charge in [0.15, 0.2) is 0 Å². The van der Waals surface area contributed by atoms with Gasteiger partial charge >= 0.3 is 0 Å². The molecule has 0 aromatic carbocycles. The maximum atomic E-state index is 12.4. The second-order valence-corrected chi connectivity index (χ2v) is 6.12. The standard InChI is InChI=1S/C15H19ClN4O3/c16-11-2-1-7-17-14(11)23-10-5-8-20(9-6-10)15(22)12-3-4-13(21)19-18-12/h1-2,7,10,12,18H,3-6,8-9H2,(H,19,21). The molecule has 23 heavy (non-hydrogen) atoms. The van der Waals surface area contributed by atoms with Crippen molar-refractivity contribution in [1.29, 1.82) is 0 Å². The highest BCUT2D eigenvalue weighted by atomic mass is 35.5. The minimum Gasteiger partial charge on any atom is -0.473 e. The van der Waals surface area contributed by atoms with E-state index in [2.05, 4.69) is 15.8 Å². The molecule has 0 bridgehead atoms. The van der Waals surface area contributed by atoms with E-state index in [1.165, 1.54) is 0 Å². The van der Waals surface area contributed by atoms with Gasteiger partial charge in [-0.2, -0.15) is 0 Å². The number of piperidine rings is 1. The Balaban J connectivity index is 1.49. The van der Waals surface area contributed by atoms with Crippen LogP contribution in [-0.4, -0.2) is 46.9 Å². The van der Waals surface area contributed by atoms with Crippen LogP contribution in [0.4, 0.5) is 0 Å². The third-order valence-electron chi connectivity index (χ3n) is 4.10. The van der Waals surface area contributed by atoms with Crippen molar-refractivity contribution in [3.63, 3.8) is 0 Å². The lowest BCUT2D eigenvalue weighted by Crippen LogP contribution is -2.57. The molecule has 1 unspecified atom stereocenters. The van der Waals surface area contributed by atoms with Crippen LogP contribution in [0.2, 0.25) is 5.02 Å². The van der Waals surface area contributed by atoms with Gasteiger partial charge in [0.1, 0.15) is 17.2 Å². The number of rotatable bonds is 3. The van der Waals surface area contributed by atoms with E-state index in [9.17, 15) is 9.59 Å². The first-order valence-electron chi connectivity index (χ1n) is 7.74. The van der Waals surface area contributed by atoms with E-state index in [4.69, 9.17) is 16.3 Å². The van der Waals surface area contributed by atoms with Crippen molar-refractivity contribution >= 4 is 23.4 Å². The molecule has 1 aromatic rings. The first-order chi connectivity index (χ1) is 11.1. The summed E-state index contributed by atoms with van der Waals surface area (Å²) in [5, 5.41) is 0.494. The third-order valence-corrected chi connectivity index (χ3v) is 4.39. The third kappa shape index (κ3) is 3.92. The fourth-order valence-electron chi connectivity index (χ4n) is 2.79. The van der Waals surface area contributed by atoms with Crippen LogP contribution in [-0.2, 0) is 9.59 Å². The summed E-state index contributed by atoms with van der Waals surface area (Å²) in [5.74, 6) is 0.392. The molecule has 7 nitrogen and oxygen atoms in total. The second kappa shape index (κ2) is 7.14. The normalized spacial score (nSPS) is 22.6. The minimum atomic E-state index is -0.338. The first kappa shape index (κ1) is 16.0. The molecular weight excluding hydrogens is 320 g/mol. The zero-order valence-corrected chi connectivity index (χ0v) is 13.4. The van der Waals surface area contributed by atoms with Crippen LogP contribution in [0.15, 0.2) is 18.3 Å². The van der Waals surface area contributed by atoms with Crippen molar-refractivity contribution in [2.75, 3.05) is 13.1 Å². The molecule has 2 amide bonds. The Kier molecular flexibility index (Phi) is 4.97. The maximum absolute atomic E-state index is 12.4. The Morgan fingerprint density at radius 1 is 1.35 bits per heavy atom. The molecule has 0 aliphatic carbocycles. The van der Waals surface area contributed by atoms with Gasteiger partial charge in [-0.25, -0.2) is 10.4 Å². The number of halogens is 1. The van der Waals surface area contributed by atoms with Crippen LogP contribution in [0.1, 0.15) is 25.7 Å². The van der Waals surface area contributed by atoms with Crippen LogP contribution in [0.5, 0.6) is 5.88 Å². The van der Waals surface area contributed by atoms with Gasteiger partial charge < -0.3 is 9.64 Å². The zero-order chi connectivity index (χ0) is 16.2. The Morgan fingerprint density at radius 3 is 2.78 bits per heavy atom. The number of carbonyl (C=O) groups excluding carboxylic acids is 2. The molecule has 0 spiro atoms. The van der Waals surface area contributed by atoms with Gasteiger partial charge in [-0.15, -0.1) is 0 Å². The summed E-state index contributed by atoms with van der Waals surface area (Å²) in [6.45, 7) is 1.25. The molecule has 124 valence electrons. The van der Waals surface area contributed by atoms with Crippen LogP contribution < -0.4 is 15.6 Å². The van der Waals surface area contributed by atoms with E-state index in [1.54, 1.807) is 18.3 Å². The monoisotopic (exact) mass is 338 g/mol. The number of carbonyl (C=O) groups is 2. The summed E-state index contributed by atoms with van der Waals surface area (Å²) in [5.41, 5.74) is 5.29. The molecular formula is C15H19ClN4O3. The Morgan fingerprint density at radius 2 is 2.13 bits per heavy atom. The van der Waals surface area contributed by atoms with Crippen molar-refractivity contribution in [3.05, 3.63) is 23.4 Å². The molecule has 2 aliphatic heterocycles. The van der Waals surface area contributed by atoms with Crippen LogP contribution in [0.3, 0.4) is 0 Å². The number of hydrazine groups is 1. The molecule has 2 N–H and O–H groups in total. The Bertz CT molecular complexity index is 580. The summed E-state index contributed by atoms with van der Waals surface area (Å²) in [6.07, 6.45) is 4.02. The van der Waals surface area contributed by atoms with Gasteiger partial charge in [-0.05, 0) is 18.6 Å². The van der Waals surface area contributed by atoms with Gasteiger partial charge in [0.05, 0.1) is 0 Å².